The van der Waals surface area contributed by atoms with Gasteiger partial charge >= 0.3 is 11.9 Å². The summed E-state index contributed by atoms with van der Waals surface area (Å²) in [6.45, 7) is 8.13. The first-order valence-corrected chi connectivity index (χ1v) is 8.94. The highest BCUT2D eigenvalue weighted by Gasteiger charge is 2.20. The van der Waals surface area contributed by atoms with Gasteiger partial charge in [0.1, 0.15) is 0 Å². The minimum atomic E-state index is -1.82. The van der Waals surface area contributed by atoms with Crippen LogP contribution in [0.5, 0.6) is 0 Å². The van der Waals surface area contributed by atoms with Crippen molar-refractivity contribution in [2.45, 2.75) is 58.2 Å². The van der Waals surface area contributed by atoms with Gasteiger partial charge in [0, 0.05) is 18.6 Å². The van der Waals surface area contributed by atoms with E-state index in [0.29, 0.717) is 6.04 Å². The Hall–Kier alpha value is -1.92. The Kier molecular flexibility index (Phi) is 9.80. The Labute approximate surface area is 149 Å². The van der Waals surface area contributed by atoms with Gasteiger partial charge in [-0.2, -0.15) is 0 Å². The lowest BCUT2D eigenvalue weighted by Crippen LogP contribution is -2.45. The molecule has 1 saturated heterocycles. The molecular weight excluding hydrogens is 320 g/mol. The molecule has 0 aliphatic carbocycles. The van der Waals surface area contributed by atoms with E-state index in [1.165, 1.54) is 44.3 Å². The van der Waals surface area contributed by atoms with Crippen molar-refractivity contribution in [1.29, 1.82) is 0 Å². The van der Waals surface area contributed by atoms with Crippen molar-refractivity contribution in [3.8, 4) is 0 Å². The molecule has 3 N–H and O–H groups in total. The van der Waals surface area contributed by atoms with Gasteiger partial charge in [-0.15, -0.1) is 0 Å². The molecular formula is C19H30N2O4. The third-order valence-electron chi connectivity index (χ3n) is 4.48. The second-order valence-corrected chi connectivity index (χ2v) is 6.33. The molecule has 6 heteroatoms. The minimum Gasteiger partial charge on any atom is -0.473 e. The summed E-state index contributed by atoms with van der Waals surface area (Å²) in [6, 6.07) is 12.3. The summed E-state index contributed by atoms with van der Waals surface area (Å²) in [5.74, 6) is -3.65. The first-order chi connectivity index (χ1) is 12.0. The molecule has 0 spiro atoms. The zero-order chi connectivity index (χ0) is 18.7. The maximum Gasteiger partial charge on any atom is 0.414 e. The van der Waals surface area contributed by atoms with Crippen LogP contribution in [0.25, 0.3) is 0 Å². The van der Waals surface area contributed by atoms with Crippen LogP contribution >= 0.6 is 0 Å². The van der Waals surface area contributed by atoms with Crippen molar-refractivity contribution in [2.75, 3.05) is 13.1 Å². The number of aliphatic carboxylic acids is 2. The molecule has 140 valence electrons. The molecule has 1 aliphatic heterocycles. The van der Waals surface area contributed by atoms with Crippen molar-refractivity contribution in [3.63, 3.8) is 0 Å². The number of rotatable bonds is 6. The maximum atomic E-state index is 9.10. The number of likely N-dealkylation sites (tertiary alicyclic amines) is 1. The average molecular weight is 350 g/mol. The van der Waals surface area contributed by atoms with Gasteiger partial charge in [0.25, 0.3) is 0 Å². The quantitative estimate of drug-likeness (QED) is 0.683. The topological polar surface area (TPSA) is 89.9 Å². The number of carboxylic acid groups (broad SMARTS) is 2. The minimum absolute atomic E-state index is 0.714. The molecule has 0 radical (unpaired) electrons. The lowest BCUT2D eigenvalue weighted by molar-refractivity contribution is -0.159. The Balaban J connectivity index is 0.000000450. The fourth-order valence-corrected chi connectivity index (χ4v) is 2.96. The Bertz CT molecular complexity index is 497. The summed E-state index contributed by atoms with van der Waals surface area (Å²) in [4.78, 5) is 20.8. The van der Waals surface area contributed by atoms with E-state index < -0.39 is 11.9 Å². The second kappa shape index (κ2) is 11.6. The number of hydrogen-bond acceptors (Lipinski definition) is 4. The van der Waals surface area contributed by atoms with Crippen molar-refractivity contribution < 1.29 is 19.8 Å². The fraction of sp³-hybridized carbons (Fsp3) is 0.579. The van der Waals surface area contributed by atoms with Gasteiger partial charge in [-0.25, -0.2) is 9.59 Å². The molecule has 0 bridgehead atoms. The number of benzene rings is 1. The summed E-state index contributed by atoms with van der Waals surface area (Å²) in [5.41, 5.74) is 1.44. The van der Waals surface area contributed by atoms with Crippen LogP contribution in [0.3, 0.4) is 0 Å². The van der Waals surface area contributed by atoms with E-state index in [-0.39, 0.29) is 0 Å². The van der Waals surface area contributed by atoms with Gasteiger partial charge in [0.15, 0.2) is 0 Å². The summed E-state index contributed by atoms with van der Waals surface area (Å²) in [6.07, 6.45) is 5.09. The molecule has 0 saturated carbocycles. The zero-order valence-corrected chi connectivity index (χ0v) is 15.1. The van der Waals surface area contributed by atoms with E-state index in [2.05, 4.69) is 54.4 Å². The van der Waals surface area contributed by atoms with Crippen LogP contribution in [0, 0.1) is 0 Å². The molecule has 6 nitrogen and oxygen atoms in total. The van der Waals surface area contributed by atoms with Crippen molar-refractivity contribution in [3.05, 3.63) is 35.9 Å². The van der Waals surface area contributed by atoms with E-state index in [1.807, 2.05) is 0 Å². The number of carboxylic acids is 2. The molecule has 0 atom stereocenters. The van der Waals surface area contributed by atoms with Gasteiger partial charge in [0.05, 0.1) is 0 Å². The van der Waals surface area contributed by atoms with Crippen LogP contribution in [-0.4, -0.2) is 52.2 Å². The molecule has 1 heterocycles. The Morgan fingerprint density at radius 2 is 1.60 bits per heavy atom. The summed E-state index contributed by atoms with van der Waals surface area (Å²) in [7, 11) is 0. The van der Waals surface area contributed by atoms with E-state index in [0.717, 1.165) is 12.6 Å². The van der Waals surface area contributed by atoms with E-state index in [1.54, 1.807) is 0 Å². The molecule has 1 aliphatic rings. The summed E-state index contributed by atoms with van der Waals surface area (Å²) in [5, 5.41) is 18.6. The van der Waals surface area contributed by atoms with Crippen LogP contribution in [0.2, 0.25) is 0 Å². The highest BCUT2D eigenvalue weighted by Crippen LogP contribution is 2.15. The largest absolute Gasteiger partial charge is 0.473 e. The normalized spacial score (nSPS) is 15.5. The lowest BCUT2D eigenvalue weighted by Gasteiger charge is -2.34. The first-order valence-electron chi connectivity index (χ1n) is 8.94. The van der Waals surface area contributed by atoms with E-state index in [9.17, 15) is 0 Å². The van der Waals surface area contributed by atoms with Crippen LogP contribution in [0.15, 0.2) is 30.3 Å². The van der Waals surface area contributed by atoms with Crippen LogP contribution in [-0.2, 0) is 16.1 Å². The number of hydrogen-bond donors (Lipinski definition) is 3. The molecule has 0 amide bonds. The maximum absolute atomic E-state index is 9.10. The number of piperidine rings is 1. The molecule has 1 fully saturated rings. The number of nitrogens with zero attached hydrogens (tertiary/aromatic N) is 1. The molecule has 1 aromatic rings. The lowest BCUT2D eigenvalue weighted by atomic mass is 10.0. The van der Waals surface area contributed by atoms with Crippen LogP contribution < -0.4 is 5.32 Å². The molecule has 0 unspecified atom stereocenters. The van der Waals surface area contributed by atoms with E-state index >= 15 is 0 Å². The monoisotopic (exact) mass is 350 g/mol. The predicted octanol–water partition coefficient (Wildman–Crippen LogP) is 2.58. The zero-order valence-electron chi connectivity index (χ0n) is 15.1. The highest BCUT2D eigenvalue weighted by atomic mass is 16.4. The number of carbonyl (C=O) groups is 2. The van der Waals surface area contributed by atoms with Crippen molar-refractivity contribution >= 4 is 11.9 Å². The SMILES string of the molecule is CCC(CC)NC1CCN(Cc2ccccc2)CC1.O=C(O)C(=O)O. The average Bonchev–Trinajstić information content (AvgIpc) is 2.62. The van der Waals surface area contributed by atoms with Gasteiger partial charge < -0.3 is 15.5 Å². The van der Waals surface area contributed by atoms with Gasteiger partial charge in [0.2, 0.25) is 0 Å². The first kappa shape index (κ1) is 21.1. The third kappa shape index (κ3) is 8.65. The van der Waals surface area contributed by atoms with Gasteiger partial charge in [-0.05, 0) is 44.3 Å². The van der Waals surface area contributed by atoms with Crippen LogP contribution in [0.4, 0.5) is 0 Å². The molecule has 0 aromatic heterocycles. The van der Waals surface area contributed by atoms with Crippen LogP contribution in [0.1, 0.15) is 45.1 Å². The summed E-state index contributed by atoms with van der Waals surface area (Å²) < 4.78 is 0. The highest BCUT2D eigenvalue weighted by molar-refractivity contribution is 6.27. The molecule has 2 rings (SSSR count). The van der Waals surface area contributed by atoms with Gasteiger partial charge in [-0.3, -0.25) is 4.90 Å². The van der Waals surface area contributed by atoms with E-state index in [4.69, 9.17) is 19.8 Å². The van der Waals surface area contributed by atoms with Crippen molar-refractivity contribution in [2.24, 2.45) is 0 Å². The van der Waals surface area contributed by atoms with Gasteiger partial charge in [-0.1, -0.05) is 44.2 Å². The number of nitrogens with one attached hydrogen (secondary N) is 1. The Morgan fingerprint density at radius 1 is 1.08 bits per heavy atom. The van der Waals surface area contributed by atoms with Crippen molar-refractivity contribution in [1.82, 2.24) is 10.2 Å². The molecule has 1 aromatic carbocycles. The Morgan fingerprint density at radius 3 is 2.04 bits per heavy atom. The smallest absolute Gasteiger partial charge is 0.414 e. The summed E-state index contributed by atoms with van der Waals surface area (Å²) >= 11 is 0. The standard InChI is InChI=1S/C17H28N2.C2H2O4/c1-3-16(4-2)18-17-10-12-19(13-11-17)14-15-8-6-5-7-9-15;3-1(4)2(5)6/h5-9,16-18H,3-4,10-14H2,1-2H3;(H,3,4)(H,5,6). The fourth-order valence-electron chi connectivity index (χ4n) is 2.96. The molecule has 25 heavy (non-hydrogen) atoms. The third-order valence-corrected chi connectivity index (χ3v) is 4.48. The predicted molar refractivity (Wildman–Crippen MR) is 97.5 cm³/mol. The second-order valence-electron chi connectivity index (χ2n) is 6.33.